The van der Waals surface area contributed by atoms with Gasteiger partial charge in [-0.3, -0.25) is 4.90 Å². The molecule has 0 aromatic carbocycles. The number of carboxylic acid groups (broad SMARTS) is 2. The summed E-state index contributed by atoms with van der Waals surface area (Å²) in [7, 11) is 1.82. The van der Waals surface area contributed by atoms with Gasteiger partial charge in [-0.05, 0) is 45.4 Å². The van der Waals surface area contributed by atoms with Crippen LogP contribution in [0.1, 0.15) is 38.1 Å². The molecule has 0 bridgehead atoms. The van der Waals surface area contributed by atoms with Crippen molar-refractivity contribution in [2.24, 2.45) is 5.41 Å². The van der Waals surface area contributed by atoms with Gasteiger partial charge in [0.2, 0.25) is 5.13 Å². The molecule has 36 heavy (non-hydrogen) atoms. The third kappa shape index (κ3) is 9.69. The van der Waals surface area contributed by atoms with Gasteiger partial charge in [-0.1, -0.05) is 11.3 Å². The SMILES string of the molecule is COCC1CC2(CCN(c3nnc(C)s3)CC2)CN1C(C)C.O=C(O)C(F)(F)F.O=C(O)C(F)(F)F. The number of carboxylic acids is 2. The normalized spacial score (nSPS) is 20.0. The Morgan fingerprint density at radius 2 is 1.56 bits per heavy atom. The van der Waals surface area contributed by atoms with Crippen LogP contribution in [0.2, 0.25) is 0 Å². The number of anilines is 1. The Bertz CT molecular complexity index is 832. The van der Waals surface area contributed by atoms with Crippen molar-refractivity contribution in [1.29, 1.82) is 0 Å². The summed E-state index contributed by atoms with van der Waals surface area (Å²) < 4.78 is 68.9. The van der Waals surface area contributed by atoms with E-state index in [1.54, 1.807) is 11.3 Å². The van der Waals surface area contributed by atoms with Crippen LogP contribution < -0.4 is 4.90 Å². The number of aromatic nitrogens is 2. The average Bonchev–Trinajstić information content (AvgIpc) is 3.33. The molecule has 9 nitrogen and oxygen atoms in total. The molecule has 1 unspecified atom stereocenters. The number of hydrogen-bond acceptors (Lipinski definition) is 8. The minimum atomic E-state index is -5.08. The summed E-state index contributed by atoms with van der Waals surface area (Å²) in [5.74, 6) is -5.51. The number of hydrogen-bond donors (Lipinski definition) is 2. The van der Waals surface area contributed by atoms with Crippen LogP contribution in [-0.4, -0.2) is 95.0 Å². The van der Waals surface area contributed by atoms with E-state index in [9.17, 15) is 26.3 Å². The quantitative estimate of drug-likeness (QED) is 0.538. The van der Waals surface area contributed by atoms with Crippen LogP contribution in [0, 0.1) is 12.3 Å². The molecular weight excluding hydrogens is 522 g/mol. The number of methoxy groups -OCH3 is 1. The fourth-order valence-corrected chi connectivity index (χ4v) is 4.84. The summed E-state index contributed by atoms with van der Waals surface area (Å²) in [6.07, 6.45) is -6.37. The zero-order valence-electron chi connectivity index (χ0n) is 20.2. The Morgan fingerprint density at radius 3 is 1.89 bits per heavy atom. The van der Waals surface area contributed by atoms with E-state index in [1.807, 2.05) is 14.0 Å². The molecule has 2 saturated heterocycles. The second-order valence-electron chi connectivity index (χ2n) is 8.78. The summed E-state index contributed by atoms with van der Waals surface area (Å²) in [5.41, 5.74) is 0.476. The van der Waals surface area contributed by atoms with Crippen molar-refractivity contribution in [3.05, 3.63) is 5.01 Å². The number of ether oxygens (including phenoxy) is 1. The van der Waals surface area contributed by atoms with E-state index in [4.69, 9.17) is 24.5 Å². The molecule has 2 aliphatic heterocycles. The van der Waals surface area contributed by atoms with Crippen LogP contribution in [0.15, 0.2) is 0 Å². The summed E-state index contributed by atoms with van der Waals surface area (Å²) >= 11 is 1.71. The van der Waals surface area contributed by atoms with Crippen molar-refractivity contribution in [3.8, 4) is 0 Å². The molecule has 1 spiro atoms. The fourth-order valence-electron chi connectivity index (χ4n) is 4.10. The molecule has 1 atom stereocenters. The Hall–Kier alpha value is -2.20. The highest BCUT2D eigenvalue weighted by Gasteiger charge is 2.46. The maximum atomic E-state index is 10.6. The topological polar surface area (TPSA) is 116 Å². The summed E-state index contributed by atoms with van der Waals surface area (Å²) in [5, 5.41) is 24.9. The van der Waals surface area contributed by atoms with Gasteiger partial charge in [0.15, 0.2) is 0 Å². The third-order valence-corrected chi connectivity index (χ3v) is 6.67. The van der Waals surface area contributed by atoms with Crippen molar-refractivity contribution in [1.82, 2.24) is 15.1 Å². The van der Waals surface area contributed by atoms with Crippen molar-refractivity contribution in [2.75, 3.05) is 38.3 Å². The Balaban J connectivity index is 0.000000383. The molecule has 3 rings (SSSR count). The molecule has 2 fully saturated rings. The van der Waals surface area contributed by atoms with Crippen molar-refractivity contribution in [3.63, 3.8) is 0 Å². The molecule has 0 amide bonds. The van der Waals surface area contributed by atoms with Gasteiger partial charge in [0.25, 0.3) is 0 Å². The van der Waals surface area contributed by atoms with Gasteiger partial charge in [-0.25, -0.2) is 9.59 Å². The van der Waals surface area contributed by atoms with E-state index in [2.05, 4.69) is 33.8 Å². The standard InChI is InChI=1S/C16H28N4OS.2C2HF3O2/c1-12(2)20-11-16(9-14(20)10-21-4)5-7-19(8-6-16)15-18-17-13(3)22-15;2*3-2(4,5)1(6)7/h12,14H,5-11H2,1-4H3;2*(H,6,7). The van der Waals surface area contributed by atoms with Gasteiger partial charge in [0.1, 0.15) is 5.01 Å². The van der Waals surface area contributed by atoms with Gasteiger partial charge in [-0.2, -0.15) is 26.3 Å². The predicted octanol–water partition coefficient (Wildman–Crippen LogP) is 3.83. The van der Waals surface area contributed by atoms with Gasteiger partial charge < -0.3 is 19.8 Å². The van der Waals surface area contributed by atoms with Crippen LogP contribution in [0.4, 0.5) is 31.5 Å². The molecule has 0 radical (unpaired) electrons. The van der Waals surface area contributed by atoms with E-state index in [0.717, 1.165) is 29.8 Å². The van der Waals surface area contributed by atoms with Gasteiger partial charge in [-0.15, -0.1) is 10.2 Å². The van der Waals surface area contributed by atoms with E-state index in [-0.39, 0.29) is 0 Å². The molecule has 0 aliphatic carbocycles. The highest BCUT2D eigenvalue weighted by atomic mass is 32.1. The molecule has 0 saturated carbocycles. The number of carbonyl (C=O) groups is 2. The smallest absolute Gasteiger partial charge is 0.475 e. The Labute approximate surface area is 208 Å². The summed E-state index contributed by atoms with van der Waals surface area (Å²) in [6, 6.07) is 1.18. The van der Waals surface area contributed by atoms with Gasteiger partial charge in [0, 0.05) is 38.8 Å². The lowest BCUT2D eigenvalue weighted by atomic mass is 9.77. The molecule has 208 valence electrons. The number of nitrogens with zero attached hydrogens (tertiary/aromatic N) is 4. The Morgan fingerprint density at radius 1 is 1.08 bits per heavy atom. The lowest BCUT2D eigenvalue weighted by molar-refractivity contribution is -0.193. The van der Waals surface area contributed by atoms with Gasteiger partial charge in [0.05, 0.1) is 6.61 Å². The monoisotopic (exact) mass is 552 g/mol. The first-order valence-corrected chi connectivity index (χ1v) is 11.6. The van der Waals surface area contributed by atoms with E-state index >= 15 is 0 Å². The maximum absolute atomic E-state index is 10.6. The number of piperidine rings is 1. The number of aryl methyl sites for hydroxylation is 1. The number of alkyl halides is 6. The lowest BCUT2D eigenvalue weighted by Gasteiger charge is -2.39. The maximum Gasteiger partial charge on any atom is 0.490 e. The molecule has 2 aliphatic rings. The van der Waals surface area contributed by atoms with Crippen LogP contribution >= 0.6 is 11.3 Å². The summed E-state index contributed by atoms with van der Waals surface area (Å²) in [4.78, 5) is 22.9. The first-order chi connectivity index (χ1) is 16.4. The molecule has 1 aromatic heterocycles. The van der Waals surface area contributed by atoms with Gasteiger partial charge >= 0.3 is 24.3 Å². The van der Waals surface area contributed by atoms with Crippen molar-refractivity contribution in [2.45, 2.75) is 64.5 Å². The van der Waals surface area contributed by atoms with Crippen molar-refractivity contribution < 1.29 is 50.9 Å². The number of likely N-dealkylation sites (tertiary alicyclic amines) is 1. The van der Waals surface area contributed by atoms with Crippen LogP contribution in [0.5, 0.6) is 0 Å². The Kier molecular flexibility index (Phi) is 11.4. The average molecular weight is 553 g/mol. The van der Waals surface area contributed by atoms with E-state index in [1.165, 1.54) is 25.8 Å². The van der Waals surface area contributed by atoms with E-state index in [0.29, 0.717) is 17.5 Å². The van der Waals surface area contributed by atoms with Crippen LogP contribution in [0.25, 0.3) is 0 Å². The molecule has 16 heteroatoms. The molecular formula is C20H30F6N4O5S. The number of rotatable bonds is 4. The lowest BCUT2D eigenvalue weighted by Crippen LogP contribution is -2.42. The summed E-state index contributed by atoms with van der Waals surface area (Å²) in [6.45, 7) is 10.9. The zero-order valence-corrected chi connectivity index (χ0v) is 21.0. The first kappa shape index (κ1) is 31.8. The minimum Gasteiger partial charge on any atom is -0.475 e. The molecule has 1 aromatic rings. The first-order valence-electron chi connectivity index (χ1n) is 10.8. The third-order valence-electron chi connectivity index (χ3n) is 5.77. The van der Waals surface area contributed by atoms with E-state index < -0.39 is 24.3 Å². The second-order valence-corrected chi connectivity index (χ2v) is 9.94. The van der Waals surface area contributed by atoms with Crippen molar-refractivity contribution >= 4 is 28.4 Å². The van der Waals surface area contributed by atoms with Crippen LogP contribution in [-0.2, 0) is 14.3 Å². The van der Waals surface area contributed by atoms with Crippen LogP contribution in [0.3, 0.4) is 0 Å². The fraction of sp³-hybridized carbons (Fsp3) is 0.800. The largest absolute Gasteiger partial charge is 0.490 e. The number of halogens is 6. The highest BCUT2D eigenvalue weighted by Crippen LogP contribution is 2.45. The highest BCUT2D eigenvalue weighted by molar-refractivity contribution is 7.15. The molecule has 3 heterocycles. The second kappa shape index (κ2) is 12.9. The number of aliphatic carboxylic acids is 2. The predicted molar refractivity (Wildman–Crippen MR) is 118 cm³/mol. The minimum absolute atomic E-state index is 0.476. The molecule has 2 N–H and O–H groups in total. The zero-order chi connectivity index (χ0) is 27.9.